The topological polar surface area (TPSA) is 46.2 Å². The number of alkyl halides is 3. The molecule has 0 unspecified atom stereocenters. The Morgan fingerprint density at radius 1 is 1.28 bits per heavy atom. The second-order valence-corrected chi connectivity index (χ2v) is 4.90. The Balaban J connectivity index is 3.16. The Labute approximate surface area is 109 Å². The first-order valence-corrected chi connectivity index (χ1v) is 5.82. The quantitative estimate of drug-likeness (QED) is 0.892. The molecule has 18 heavy (non-hydrogen) atoms. The average Bonchev–Trinajstić information content (AvgIpc) is 2.26. The maximum Gasteiger partial charge on any atom is 0.416 e. The molecule has 0 amide bonds. The van der Waals surface area contributed by atoms with E-state index in [-0.39, 0.29) is 16.5 Å². The molecule has 0 spiro atoms. The van der Waals surface area contributed by atoms with Crippen LogP contribution in [0.25, 0.3) is 0 Å². The van der Waals surface area contributed by atoms with Crippen LogP contribution in [0.15, 0.2) is 18.2 Å². The van der Waals surface area contributed by atoms with Gasteiger partial charge in [-0.3, -0.25) is 0 Å². The van der Waals surface area contributed by atoms with Crippen molar-refractivity contribution in [3.63, 3.8) is 0 Å². The van der Waals surface area contributed by atoms with Gasteiger partial charge < -0.3 is 10.8 Å². The van der Waals surface area contributed by atoms with Crippen LogP contribution in [0, 0.1) is 5.92 Å². The van der Waals surface area contributed by atoms with Crippen LogP contribution in [0.2, 0.25) is 5.02 Å². The van der Waals surface area contributed by atoms with E-state index in [9.17, 15) is 18.3 Å². The van der Waals surface area contributed by atoms with Gasteiger partial charge in [-0.1, -0.05) is 25.4 Å². The number of aliphatic hydroxyl groups excluding tert-OH is 1. The lowest BCUT2D eigenvalue weighted by Gasteiger charge is -2.24. The zero-order valence-corrected chi connectivity index (χ0v) is 10.8. The number of rotatable bonds is 3. The average molecular weight is 282 g/mol. The van der Waals surface area contributed by atoms with Gasteiger partial charge in [-0.15, -0.1) is 0 Å². The third-order valence-electron chi connectivity index (χ3n) is 2.73. The molecule has 0 saturated heterocycles. The molecule has 0 aliphatic rings. The fourth-order valence-corrected chi connectivity index (χ4v) is 1.82. The SMILES string of the molecule is CC(C)[C@H](O)[C@H](N)c1cc(C(F)(F)F)ccc1Cl. The van der Waals surface area contributed by atoms with Crippen LogP contribution >= 0.6 is 11.6 Å². The second kappa shape index (κ2) is 5.47. The highest BCUT2D eigenvalue weighted by molar-refractivity contribution is 6.31. The number of hydrogen-bond donors (Lipinski definition) is 2. The summed E-state index contributed by atoms with van der Waals surface area (Å²) in [6, 6.07) is 1.98. The first-order valence-electron chi connectivity index (χ1n) is 5.45. The molecule has 0 aliphatic carbocycles. The lowest BCUT2D eigenvalue weighted by molar-refractivity contribution is -0.137. The molecule has 0 radical (unpaired) electrons. The number of halogens is 4. The number of nitrogens with two attached hydrogens (primary N) is 1. The summed E-state index contributed by atoms with van der Waals surface area (Å²) in [4.78, 5) is 0. The summed E-state index contributed by atoms with van der Waals surface area (Å²) >= 11 is 5.83. The van der Waals surface area contributed by atoms with Crippen molar-refractivity contribution < 1.29 is 18.3 Å². The van der Waals surface area contributed by atoms with Crippen molar-refractivity contribution in [2.45, 2.75) is 32.2 Å². The van der Waals surface area contributed by atoms with Gasteiger partial charge in [0.2, 0.25) is 0 Å². The number of aliphatic hydroxyl groups is 1. The lowest BCUT2D eigenvalue weighted by atomic mass is 9.93. The minimum absolute atomic E-state index is 0.104. The van der Waals surface area contributed by atoms with Crippen LogP contribution in [0.5, 0.6) is 0 Å². The van der Waals surface area contributed by atoms with Gasteiger partial charge in [0.15, 0.2) is 0 Å². The van der Waals surface area contributed by atoms with Gasteiger partial charge in [0.05, 0.1) is 17.7 Å². The van der Waals surface area contributed by atoms with E-state index in [1.54, 1.807) is 13.8 Å². The molecule has 2 nitrogen and oxygen atoms in total. The van der Waals surface area contributed by atoms with Gasteiger partial charge >= 0.3 is 6.18 Å². The van der Waals surface area contributed by atoms with E-state index in [0.717, 1.165) is 18.2 Å². The van der Waals surface area contributed by atoms with E-state index in [2.05, 4.69) is 0 Å². The van der Waals surface area contributed by atoms with E-state index in [1.807, 2.05) is 0 Å². The third kappa shape index (κ3) is 3.37. The molecule has 0 fully saturated rings. The van der Waals surface area contributed by atoms with Gasteiger partial charge in [-0.2, -0.15) is 13.2 Å². The second-order valence-electron chi connectivity index (χ2n) is 4.49. The van der Waals surface area contributed by atoms with Gasteiger partial charge in [0.1, 0.15) is 0 Å². The zero-order valence-electron chi connectivity index (χ0n) is 10.0. The van der Waals surface area contributed by atoms with Crippen LogP contribution in [0.3, 0.4) is 0 Å². The minimum atomic E-state index is -4.46. The van der Waals surface area contributed by atoms with Gasteiger partial charge in [0.25, 0.3) is 0 Å². The molecule has 0 aliphatic heterocycles. The molecule has 6 heteroatoms. The molecule has 2 atom stereocenters. The van der Waals surface area contributed by atoms with E-state index in [1.165, 1.54) is 0 Å². The predicted octanol–water partition coefficient (Wildman–Crippen LogP) is 3.38. The lowest BCUT2D eigenvalue weighted by Crippen LogP contribution is -2.31. The molecule has 3 N–H and O–H groups in total. The summed E-state index contributed by atoms with van der Waals surface area (Å²) in [5.74, 6) is -0.175. The van der Waals surface area contributed by atoms with Crippen LogP contribution in [-0.2, 0) is 6.18 Å². The Hall–Kier alpha value is -0.780. The minimum Gasteiger partial charge on any atom is -0.391 e. The van der Waals surface area contributed by atoms with E-state index in [0.29, 0.717) is 0 Å². The van der Waals surface area contributed by atoms with Crippen molar-refractivity contribution in [2.75, 3.05) is 0 Å². The molecule has 1 aromatic carbocycles. The fourth-order valence-electron chi connectivity index (χ4n) is 1.57. The van der Waals surface area contributed by atoms with E-state index >= 15 is 0 Å². The number of hydrogen-bond acceptors (Lipinski definition) is 2. The fraction of sp³-hybridized carbons (Fsp3) is 0.500. The van der Waals surface area contributed by atoms with Crippen molar-refractivity contribution in [1.29, 1.82) is 0 Å². The van der Waals surface area contributed by atoms with Gasteiger partial charge in [-0.25, -0.2) is 0 Å². The van der Waals surface area contributed by atoms with E-state index in [4.69, 9.17) is 17.3 Å². The standard InChI is InChI=1S/C12H15ClF3NO/c1-6(2)11(18)10(17)8-5-7(12(14,15)16)3-4-9(8)13/h3-6,10-11,18H,17H2,1-2H3/t10-,11+/m1/s1. The van der Waals surface area contributed by atoms with Gasteiger partial charge in [0, 0.05) is 5.02 Å². The molecular weight excluding hydrogens is 267 g/mol. The molecule has 102 valence electrons. The highest BCUT2D eigenvalue weighted by Gasteiger charge is 2.32. The van der Waals surface area contributed by atoms with Crippen molar-refractivity contribution in [3.05, 3.63) is 34.3 Å². The summed E-state index contributed by atoms with van der Waals surface area (Å²) in [5, 5.41) is 9.92. The zero-order chi connectivity index (χ0) is 14.1. The summed E-state index contributed by atoms with van der Waals surface area (Å²) in [6.07, 6.45) is -5.41. The van der Waals surface area contributed by atoms with E-state index < -0.39 is 23.9 Å². The highest BCUT2D eigenvalue weighted by atomic mass is 35.5. The molecular formula is C12H15ClF3NO. The van der Waals surface area contributed by atoms with Crippen LogP contribution in [0.4, 0.5) is 13.2 Å². The maximum absolute atomic E-state index is 12.6. The molecule has 0 aromatic heterocycles. The van der Waals surface area contributed by atoms with Crippen molar-refractivity contribution in [2.24, 2.45) is 11.7 Å². The molecule has 0 bridgehead atoms. The summed E-state index contributed by atoms with van der Waals surface area (Å²) in [6.45, 7) is 3.46. The Morgan fingerprint density at radius 2 is 1.83 bits per heavy atom. The Bertz CT molecular complexity index is 420. The monoisotopic (exact) mass is 281 g/mol. The molecule has 1 aromatic rings. The summed E-state index contributed by atoms with van der Waals surface area (Å²) in [7, 11) is 0. The first-order chi connectivity index (χ1) is 8.14. The third-order valence-corrected chi connectivity index (χ3v) is 3.08. The normalized spacial score (nSPS) is 15.8. The summed E-state index contributed by atoms with van der Waals surface area (Å²) < 4.78 is 37.7. The highest BCUT2D eigenvalue weighted by Crippen LogP contribution is 2.34. The van der Waals surface area contributed by atoms with Gasteiger partial charge in [-0.05, 0) is 29.7 Å². The summed E-state index contributed by atoms with van der Waals surface area (Å²) in [5.41, 5.74) is 5.03. The maximum atomic E-state index is 12.6. The Morgan fingerprint density at radius 3 is 2.28 bits per heavy atom. The first kappa shape index (κ1) is 15.3. The Kier molecular flexibility index (Phi) is 4.64. The van der Waals surface area contributed by atoms with Crippen LogP contribution < -0.4 is 5.73 Å². The van der Waals surface area contributed by atoms with Crippen molar-refractivity contribution in [1.82, 2.24) is 0 Å². The van der Waals surface area contributed by atoms with Crippen molar-refractivity contribution >= 4 is 11.6 Å². The molecule has 1 rings (SSSR count). The largest absolute Gasteiger partial charge is 0.416 e. The van der Waals surface area contributed by atoms with Crippen molar-refractivity contribution in [3.8, 4) is 0 Å². The van der Waals surface area contributed by atoms with Crippen LogP contribution in [-0.4, -0.2) is 11.2 Å². The molecule has 0 heterocycles. The molecule has 0 saturated carbocycles. The smallest absolute Gasteiger partial charge is 0.391 e. The number of benzene rings is 1. The van der Waals surface area contributed by atoms with Crippen LogP contribution in [0.1, 0.15) is 31.0 Å². The predicted molar refractivity (Wildman–Crippen MR) is 64.2 cm³/mol.